The van der Waals surface area contributed by atoms with E-state index in [0.29, 0.717) is 69.4 Å². The summed E-state index contributed by atoms with van der Waals surface area (Å²) in [5.41, 5.74) is 12.6. The molecule has 0 saturated heterocycles. The first-order valence-electron chi connectivity index (χ1n) is 14.0. The average Bonchev–Trinajstić information content (AvgIpc) is 2.97. The predicted octanol–water partition coefficient (Wildman–Crippen LogP) is -0.134. The molecule has 1 aromatic carbocycles. The minimum absolute atomic E-state index is 0.00588. The Bertz CT molecular complexity index is 1090. The van der Waals surface area contributed by atoms with Crippen LogP contribution in [0.15, 0.2) is 54.9 Å². The largest absolute Gasteiger partial charge is 0.480 e. The minimum atomic E-state index is -1.01. The Labute approximate surface area is 248 Å². The maximum absolute atomic E-state index is 13.2. The maximum Gasteiger partial charge on any atom is 0.326 e. The van der Waals surface area contributed by atoms with Crippen molar-refractivity contribution >= 4 is 23.7 Å². The number of unbranched alkanes of at least 4 members (excludes halogenated alkanes) is 2. The van der Waals surface area contributed by atoms with Gasteiger partial charge in [-0.05, 0) is 63.1 Å². The third kappa shape index (κ3) is 14.9. The molecule has 0 aliphatic carbocycles. The molecular formula is C30H45N7O5. The van der Waals surface area contributed by atoms with E-state index < -0.39 is 35.9 Å². The molecule has 0 radical (unpaired) electrons. The molecule has 0 aliphatic heterocycles. The first-order chi connectivity index (χ1) is 20.1. The predicted molar refractivity (Wildman–Crippen MR) is 163 cm³/mol. The van der Waals surface area contributed by atoms with Gasteiger partial charge in [0.05, 0.1) is 13.1 Å². The smallest absolute Gasteiger partial charge is 0.326 e. The first kappa shape index (κ1) is 35.7. The van der Waals surface area contributed by atoms with Crippen molar-refractivity contribution < 1.29 is 24.3 Å². The van der Waals surface area contributed by atoms with Crippen LogP contribution in [0.1, 0.15) is 44.1 Å². The Morgan fingerprint density at radius 2 is 1.29 bits per heavy atom. The highest BCUT2D eigenvalue weighted by atomic mass is 16.4. The SMILES string of the molecule is C#CC(=O)NC(CCCCN)C(=O)NCC(=C)NC(Cc1ccccc1)C(=O)NCC(=C)NC(CCCCN)C(=O)O. The lowest BCUT2D eigenvalue weighted by Crippen LogP contribution is -2.50. The molecule has 3 unspecified atom stereocenters. The van der Waals surface area contributed by atoms with Gasteiger partial charge >= 0.3 is 5.97 Å². The van der Waals surface area contributed by atoms with Gasteiger partial charge in [-0.15, -0.1) is 6.42 Å². The van der Waals surface area contributed by atoms with E-state index in [1.165, 1.54) is 0 Å². The van der Waals surface area contributed by atoms with Crippen LogP contribution >= 0.6 is 0 Å². The van der Waals surface area contributed by atoms with Crippen molar-refractivity contribution in [3.63, 3.8) is 0 Å². The van der Waals surface area contributed by atoms with Gasteiger partial charge in [0, 0.05) is 17.8 Å². The van der Waals surface area contributed by atoms with Crippen molar-refractivity contribution in [1.82, 2.24) is 26.6 Å². The summed E-state index contributed by atoms with van der Waals surface area (Å²) < 4.78 is 0. The van der Waals surface area contributed by atoms with Crippen molar-refractivity contribution in [2.75, 3.05) is 26.2 Å². The normalized spacial score (nSPS) is 12.5. The number of rotatable bonds is 22. The highest BCUT2D eigenvalue weighted by Gasteiger charge is 2.23. The number of hydrogen-bond donors (Lipinski definition) is 8. The van der Waals surface area contributed by atoms with Crippen LogP contribution in [0.25, 0.3) is 0 Å². The summed E-state index contributed by atoms with van der Waals surface area (Å²) in [5, 5.41) is 23.4. The molecule has 12 heteroatoms. The highest BCUT2D eigenvalue weighted by Crippen LogP contribution is 2.07. The third-order valence-corrected chi connectivity index (χ3v) is 6.25. The fourth-order valence-corrected chi connectivity index (χ4v) is 4.00. The summed E-state index contributed by atoms with van der Waals surface area (Å²) in [5.74, 6) is -0.575. The third-order valence-electron chi connectivity index (χ3n) is 6.25. The summed E-state index contributed by atoms with van der Waals surface area (Å²) >= 11 is 0. The monoisotopic (exact) mass is 583 g/mol. The van der Waals surface area contributed by atoms with Crippen molar-refractivity contribution in [2.45, 2.75) is 63.1 Å². The fraction of sp³-hybridized carbons (Fsp3) is 0.467. The van der Waals surface area contributed by atoms with Crippen molar-refractivity contribution in [3.8, 4) is 12.3 Å². The number of nitrogens with two attached hydrogens (primary N) is 2. The standard InChI is InChI=1S/C30H45N7O5/c1-4-27(38)37-24(14-8-10-16-31)28(39)33-20-22(3)36-26(18-23-12-6-5-7-13-23)29(40)34-19-21(2)35-25(30(41)42)15-9-11-17-32/h1,5-7,12-13,24-26,35-36H,2-3,8-11,14-20,31-32H2,(H,33,39)(H,34,40)(H,37,38)(H,41,42). The van der Waals surface area contributed by atoms with E-state index in [0.717, 1.165) is 5.56 Å². The molecule has 3 atom stereocenters. The van der Waals surface area contributed by atoms with Crippen molar-refractivity contribution in [2.24, 2.45) is 11.5 Å². The van der Waals surface area contributed by atoms with Crippen LogP contribution in [0.2, 0.25) is 0 Å². The summed E-state index contributed by atoms with van der Waals surface area (Å²) in [6.07, 6.45) is 8.86. The van der Waals surface area contributed by atoms with E-state index in [9.17, 15) is 24.3 Å². The second-order valence-corrected chi connectivity index (χ2v) is 9.80. The Balaban J connectivity index is 2.80. The zero-order valence-corrected chi connectivity index (χ0v) is 24.1. The van der Waals surface area contributed by atoms with Gasteiger partial charge in [0.1, 0.15) is 18.1 Å². The molecule has 42 heavy (non-hydrogen) atoms. The summed E-state index contributed by atoms with van der Waals surface area (Å²) in [7, 11) is 0. The number of carbonyl (C=O) groups is 4. The second kappa shape index (κ2) is 20.5. The van der Waals surface area contributed by atoms with Gasteiger partial charge in [0.15, 0.2) is 0 Å². The molecular weight excluding hydrogens is 538 g/mol. The molecule has 0 aliphatic rings. The van der Waals surface area contributed by atoms with E-state index >= 15 is 0 Å². The lowest BCUT2D eigenvalue weighted by molar-refractivity contribution is -0.139. The molecule has 1 rings (SSSR count). The molecule has 0 fully saturated rings. The van der Waals surface area contributed by atoms with Crippen molar-refractivity contribution in [1.29, 1.82) is 0 Å². The molecule has 0 bridgehead atoms. The molecule has 230 valence electrons. The minimum Gasteiger partial charge on any atom is -0.480 e. The van der Waals surface area contributed by atoms with E-state index in [1.807, 2.05) is 36.3 Å². The van der Waals surface area contributed by atoms with E-state index in [2.05, 4.69) is 39.7 Å². The van der Waals surface area contributed by atoms with Crippen LogP contribution in [0.5, 0.6) is 0 Å². The number of benzene rings is 1. The van der Waals surface area contributed by atoms with Crippen LogP contribution in [0.3, 0.4) is 0 Å². The number of hydrogen-bond acceptors (Lipinski definition) is 8. The van der Waals surface area contributed by atoms with Gasteiger partial charge < -0.3 is 43.2 Å². The van der Waals surface area contributed by atoms with E-state index in [4.69, 9.17) is 17.9 Å². The fourth-order valence-electron chi connectivity index (χ4n) is 4.00. The number of nitrogens with one attached hydrogen (secondary N) is 5. The molecule has 12 nitrogen and oxygen atoms in total. The van der Waals surface area contributed by atoms with Crippen LogP contribution in [0.4, 0.5) is 0 Å². The number of carboxylic acids is 1. The number of terminal acetylenes is 1. The van der Waals surface area contributed by atoms with Gasteiger partial charge in [0.25, 0.3) is 5.91 Å². The molecule has 3 amide bonds. The Morgan fingerprint density at radius 3 is 1.79 bits per heavy atom. The zero-order chi connectivity index (χ0) is 31.3. The van der Waals surface area contributed by atoms with E-state index in [1.54, 1.807) is 0 Å². The molecule has 10 N–H and O–H groups in total. The molecule has 0 spiro atoms. The Kier molecular flexibility index (Phi) is 17.4. The lowest BCUT2D eigenvalue weighted by atomic mass is 10.0. The summed E-state index contributed by atoms with van der Waals surface area (Å²) in [6, 6.07) is 6.91. The average molecular weight is 584 g/mol. The van der Waals surface area contributed by atoms with Gasteiger partial charge in [-0.2, -0.15) is 0 Å². The number of aliphatic carboxylic acids is 1. The molecule has 0 heterocycles. The Morgan fingerprint density at radius 1 is 0.786 bits per heavy atom. The summed E-state index contributed by atoms with van der Waals surface area (Å²) in [6.45, 7) is 8.74. The molecule has 0 aromatic heterocycles. The summed E-state index contributed by atoms with van der Waals surface area (Å²) in [4.78, 5) is 49.2. The second-order valence-electron chi connectivity index (χ2n) is 9.80. The number of carboxylic acid groups (broad SMARTS) is 1. The first-order valence-corrected chi connectivity index (χ1v) is 14.0. The van der Waals surface area contributed by atoms with E-state index in [-0.39, 0.29) is 19.0 Å². The van der Waals surface area contributed by atoms with Crippen LogP contribution in [0, 0.1) is 12.3 Å². The Hall–Kier alpha value is -4.34. The van der Waals surface area contributed by atoms with Gasteiger partial charge in [-0.3, -0.25) is 14.4 Å². The topological polar surface area (TPSA) is 201 Å². The van der Waals surface area contributed by atoms with Crippen LogP contribution < -0.4 is 38.1 Å². The molecule has 1 aromatic rings. The van der Waals surface area contributed by atoms with Crippen LogP contribution in [-0.2, 0) is 25.6 Å². The zero-order valence-electron chi connectivity index (χ0n) is 24.1. The molecule has 0 saturated carbocycles. The van der Waals surface area contributed by atoms with Gasteiger partial charge in [-0.1, -0.05) is 43.5 Å². The number of carbonyl (C=O) groups excluding carboxylic acids is 3. The van der Waals surface area contributed by atoms with Crippen molar-refractivity contribution in [3.05, 3.63) is 60.4 Å². The van der Waals surface area contributed by atoms with Gasteiger partial charge in [-0.25, -0.2) is 4.79 Å². The van der Waals surface area contributed by atoms with Gasteiger partial charge in [0.2, 0.25) is 11.8 Å². The van der Waals surface area contributed by atoms with Crippen LogP contribution in [-0.4, -0.2) is 73.1 Å². The maximum atomic E-state index is 13.2. The lowest BCUT2D eigenvalue weighted by Gasteiger charge is -2.23. The highest BCUT2D eigenvalue weighted by molar-refractivity contribution is 5.96. The number of amides is 3. The quantitative estimate of drug-likeness (QED) is 0.0676.